The molecule has 2 atom stereocenters. The van der Waals surface area contributed by atoms with Crippen LogP contribution in [0.15, 0.2) is 42.5 Å². The summed E-state index contributed by atoms with van der Waals surface area (Å²) in [6.07, 6.45) is 0. The van der Waals surface area contributed by atoms with E-state index in [0.29, 0.717) is 5.75 Å². The largest absolute Gasteiger partial charge is 0.504 e. The summed E-state index contributed by atoms with van der Waals surface area (Å²) >= 11 is 0. The van der Waals surface area contributed by atoms with Crippen LogP contribution in [0, 0.1) is 6.92 Å². The highest BCUT2D eigenvalue weighted by Crippen LogP contribution is 2.29. The van der Waals surface area contributed by atoms with E-state index in [9.17, 15) is 5.11 Å². The smallest absolute Gasteiger partial charge is 0.160 e. The van der Waals surface area contributed by atoms with Crippen molar-refractivity contribution in [2.75, 3.05) is 7.11 Å². The van der Waals surface area contributed by atoms with Gasteiger partial charge in [-0.1, -0.05) is 35.9 Å². The number of benzene rings is 2. The molecule has 3 nitrogen and oxygen atoms in total. The maximum atomic E-state index is 9.66. The lowest BCUT2D eigenvalue weighted by Crippen LogP contribution is -2.22. The van der Waals surface area contributed by atoms with E-state index in [4.69, 9.17) is 4.74 Å². The van der Waals surface area contributed by atoms with Crippen LogP contribution in [0.5, 0.6) is 11.5 Å². The minimum atomic E-state index is 0.163. The van der Waals surface area contributed by atoms with Gasteiger partial charge in [0.05, 0.1) is 7.11 Å². The monoisotopic (exact) mass is 285 g/mol. The molecule has 0 bridgehead atoms. The Labute approximate surface area is 126 Å². The van der Waals surface area contributed by atoms with Crippen LogP contribution in [0.1, 0.15) is 42.6 Å². The van der Waals surface area contributed by atoms with Crippen molar-refractivity contribution in [3.63, 3.8) is 0 Å². The van der Waals surface area contributed by atoms with E-state index in [2.05, 4.69) is 50.4 Å². The van der Waals surface area contributed by atoms with Crippen molar-refractivity contribution < 1.29 is 9.84 Å². The van der Waals surface area contributed by atoms with Gasteiger partial charge in [-0.15, -0.1) is 0 Å². The number of hydrogen-bond donors (Lipinski definition) is 2. The Hall–Kier alpha value is -2.00. The Kier molecular flexibility index (Phi) is 4.86. The molecule has 0 saturated heterocycles. The van der Waals surface area contributed by atoms with Crippen LogP contribution < -0.4 is 10.1 Å². The molecule has 0 aliphatic rings. The first-order chi connectivity index (χ1) is 10.0. The number of aromatic hydroxyl groups is 1. The van der Waals surface area contributed by atoms with Crippen LogP contribution in [0.2, 0.25) is 0 Å². The van der Waals surface area contributed by atoms with E-state index in [1.54, 1.807) is 13.2 Å². The summed E-state index contributed by atoms with van der Waals surface area (Å²) in [4.78, 5) is 0. The summed E-state index contributed by atoms with van der Waals surface area (Å²) in [5, 5.41) is 13.2. The highest BCUT2D eigenvalue weighted by molar-refractivity contribution is 5.42. The Morgan fingerprint density at radius 1 is 0.952 bits per heavy atom. The van der Waals surface area contributed by atoms with Gasteiger partial charge in [0.15, 0.2) is 11.5 Å². The molecule has 3 heteroatoms. The molecular weight excluding hydrogens is 262 g/mol. The molecule has 0 heterocycles. The highest BCUT2D eigenvalue weighted by Gasteiger charge is 2.13. The van der Waals surface area contributed by atoms with E-state index in [-0.39, 0.29) is 17.8 Å². The van der Waals surface area contributed by atoms with Crippen molar-refractivity contribution in [3.8, 4) is 11.5 Å². The summed E-state index contributed by atoms with van der Waals surface area (Å²) < 4.78 is 5.16. The van der Waals surface area contributed by atoms with Gasteiger partial charge >= 0.3 is 0 Å². The van der Waals surface area contributed by atoms with Crippen molar-refractivity contribution in [2.24, 2.45) is 0 Å². The fraction of sp³-hybridized carbons (Fsp3) is 0.333. The summed E-state index contributed by atoms with van der Waals surface area (Å²) in [7, 11) is 1.56. The summed E-state index contributed by atoms with van der Waals surface area (Å²) in [5.41, 5.74) is 3.61. The molecule has 2 aromatic rings. The number of phenolic OH excluding ortho intramolecular Hbond substituents is 1. The summed E-state index contributed by atoms with van der Waals surface area (Å²) in [5.74, 6) is 0.671. The average molecular weight is 285 g/mol. The predicted molar refractivity (Wildman–Crippen MR) is 85.8 cm³/mol. The van der Waals surface area contributed by atoms with Crippen molar-refractivity contribution >= 4 is 0 Å². The van der Waals surface area contributed by atoms with E-state index in [0.717, 1.165) is 5.56 Å². The molecule has 1 unspecified atom stereocenters. The van der Waals surface area contributed by atoms with Gasteiger partial charge in [-0.25, -0.2) is 0 Å². The number of phenols is 1. The third-order valence-electron chi connectivity index (χ3n) is 3.78. The summed E-state index contributed by atoms with van der Waals surface area (Å²) in [6.45, 7) is 6.35. The molecule has 0 aromatic heterocycles. The van der Waals surface area contributed by atoms with Gasteiger partial charge in [0, 0.05) is 12.1 Å². The van der Waals surface area contributed by atoms with Crippen molar-refractivity contribution in [2.45, 2.75) is 32.9 Å². The molecule has 0 aliphatic carbocycles. The van der Waals surface area contributed by atoms with Gasteiger partial charge in [0.2, 0.25) is 0 Å². The van der Waals surface area contributed by atoms with Crippen LogP contribution >= 0.6 is 0 Å². The third kappa shape index (κ3) is 3.76. The molecule has 0 amide bonds. The Bertz CT molecular complexity index is 593. The molecule has 0 fully saturated rings. The number of aryl methyl sites for hydroxylation is 1. The first-order valence-corrected chi connectivity index (χ1v) is 7.20. The quantitative estimate of drug-likeness (QED) is 0.868. The zero-order chi connectivity index (χ0) is 15.4. The standard InChI is InChI=1S/C18H23NO2/c1-12-5-7-15(8-6-12)13(2)19-14(3)16-9-10-17(20)18(11-16)21-4/h5-11,13-14,19-20H,1-4H3/t13-,14?/m1/s1. The van der Waals surface area contributed by atoms with Crippen LogP contribution in [-0.2, 0) is 0 Å². The number of rotatable bonds is 5. The lowest BCUT2D eigenvalue weighted by Gasteiger charge is -2.21. The normalized spacial score (nSPS) is 13.7. The maximum absolute atomic E-state index is 9.66. The van der Waals surface area contributed by atoms with Crippen molar-refractivity contribution in [1.82, 2.24) is 5.32 Å². The minimum Gasteiger partial charge on any atom is -0.504 e. The van der Waals surface area contributed by atoms with E-state index >= 15 is 0 Å². The number of hydrogen-bond acceptors (Lipinski definition) is 3. The van der Waals surface area contributed by atoms with Gasteiger partial charge in [-0.3, -0.25) is 0 Å². The Morgan fingerprint density at radius 3 is 2.14 bits per heavy atom. The number of nitrogens with one attached hydrogen (secondary N) is 1. The fourth-order valence-corrected chi connectivity index (χ4v) is 2.39. The van der Waals surface area contributed by atoms with E-state index in [1.807, 2.05) is 12.1 Å². The Morgan fingerprint density at radius 2 is 1.52 bits per heavy atom. The topological polar surface area (TPSA) is 41.5 Å². The maximum Gasteiger partial charge on any atom is 0.160 e. The van der Waals surface area contributed by atoms with Crippen LogP contribution in [0.4, 0.5) is 0 Å². The SMILES string of the molecule is COc1cc(C(C)N[C@H](C)c2ccc(C)cc2)ccc1O. The third-order valence-corrected chi connectivity index (χ3v) is 3.78. The average Bonchev–Trinajstić information content (AvgIpc) is 2.48. The number of methoxy groups -OCH3 is 1. The lowest BCUT2D eigenvalue weighted by molar-refractivity contribution is 0.371. The fourth-order valence-electron chi connectivity index (χ4n) is 2.39. The second kappa shape index (κ2) is 6.64. The molecule has 0 spiro atoms. The van der Waals surface area contributed by atoms with Gasteiger partial charge in [-0.2, -0.15) is 0 Å². The van der Waals surface area contributed by atoms with Gasteiger partial charge in [-0.05, 0) is 44.0 Å². The first-order valence-electron chi connectivity index (χ1n) is 7.20. The predicted octanol–water partition coefficient (Wildman–Crippen LogP) is 4.12. The number of ether oxygens (including phenoxy) is 1. The molecule has 2 aromatic carbocycles. The van der Waals surface area contributed by atoms with Crippen LogP contribution in [-0.4, -0.2) is 12.2 Å². The van der Waals surface area contributed by atoms with Crippen molar-refractivity contribution in [1.29, 1.82) is 0 Å². The van der Waals surface area contributed by atoms with Crippen LogP contribution in [0.25, 0.3) is 0 Å². The molecule has 0 radical (unpaired) electrons. The van der Waals surface area contributed by atoms with E-state index < -0.39 is 0 Å². The van der Waals surface area contributed by atoms with E-state index in [1.165, 1.54) is 11.1 Å². The van der Waals surface area contributed by atoms with Gasteiger partial charge in [0.1, 0.15) is 0 Å². The molecular formula is C18H23NO2. The molecule has 112 valence electrons. The highest BCUT2D eigenvalue weighted by atomic mass is 16.5. The van der Waals surface area contributed by atoms with Crippen LogP contribution in [0.3, 0.4) is 0 Å². The molecule has 2 rings (SSSR count). The first kappa shape index (κ1) is 15.4. The summed E-state index contributed by atoms with van der Waals surface area (Å²) in [6, 6.07) is 14.4. The van der Waals surface area contributed by atoms with Crippen molar-refractivity contribution in [3.05, 3.63) is 59.2 Å². The Balaban J connectivity index is 2.10. The second-order valence-electron chi connectivity index (χ2n) is 5.45. The van der Waals surface area contributed by atoms with Gasteiger partial charge < -0.3 is 15.2 Å². The second-order valence-corrected chi connectivity index (χ2v) is 5.45. The molecule has 2 N–H and O–H groups in total. The zero-order valence-corrected chi connectivity index (χ0v) is 13.1. The minimum absolute atomic E-state index is 0.163. The zero-order valence-electron chi connectivity index (χ0n) is 13.1. The molecule has 0 saturated carbocycles. The molecule has 0 aliphatic heterocycles. The molecule has 21 heavy (non-hydrogen) atoms. The lowest BCUT2D eigenvalue weighted by atomic mass is 10.0. The van der Waals surface area contributed by atoms with Gasteiger partial charge in [0.25, 0.3) is 0 Å².